The van der Waals surface area contributed by atoms with E-state index in [2.05, 4.69) is 5.10 Å². The first kappa shape index (κ1) is 20.0. The zero-order valence-electron chi connectivity index (χ0n) is 15.4. The lowest BCUT2D eigenvalue weighted by Gasteiger charge is -2.27. The molecule has 0 spiro atoms. The third-order valence-electron chi connectivity index (χ3n) is 4.69. The Morgan fingerprint density at radius 3 is 2.61 bits per heavy atom. The van der Waals surface area contributed by atoms with Crippen LogP contribution in [0.2, 0.25) is 0 Å². The number of carbonyl (C=O) groups excluding carboxylic acids is 3. The van der Waals surface area contributed by atoms with E-state index in [0.717, 1.165) is 5.01 Å². The lowest BCUT2D eigenvalue weighted by Crippen LogP contribution is -2.42. The van der Waals surface area contributed by atoms with Crippen LogP contribution in [0.1, 0.15) is 19.3 Å². The highest BCUT2D eigenvalue weighted by Crippen LogP contribution is 2.22. The summed E-state index contributed by atoms with van der Waals surface area (Å²) in [5.74, 6) is -1.68. The Labute approximate surface area is 162 Å². The Morgan fingerprint density at radius 1 is 1.25 bits per heavy atom. The Morgan fingerprint density at radius 2 is 1.96 bits per heavy atom. The molecule has 0 aromatic heterocycles. The Balaban J connectivity index is 1.61. The molecule has 1 fully saturated rings. The van der Waals surface area contributed by atoms with Crippen molar-refractivity contribution in [2.75, 3.05) is 30.1 Å². The van der Waals surface area contributed by atoms with Crippen LogP contribution in [0.3, 0.4) is 0 Å². The number of hydrogen-bond donors (Lipinski definition) is 0. The summed E-state index contributed by atoms with van der Waals surface area (Å²) in [6.07, 6.45) is 0.430. The number of hydrazone groups is 1. The molecule has 10 heteroatoms. The summed E-state index contributed by atoms with van der Waals surface area (Å²) in [6, 6.07) is 8.35. The van der Waals surface area contributed by atoms with Gasteiger partial charge in [-0.2, -0.15) is 5.10 Å². The van der Waals surface area contributed by atoms with Crippen LogP contribution in [0, 0.1) is 0 Å². The number of ether oxygens (including phenoxy) is 1. The number of anilines is 1. The highest BCUT2D eigenvalue weighted by Gasteiger charge is 2.37. The van der Waals surface area contributed by atoms with Crippen LogP contribution in [0.25, 0.3) is 0 Å². The Hall–Kier alpha value is -2.75. The lowest BCUT2D eigenvalue weighted by atomic mass is 10.1. The van der Waals surface area contributed by atoms with Crippen LogP contribution in [0.5, 0.6) is 0 Å². The standard InChI is InChI=1S/C18H21N3O6S/c1-20(13-5-3-2-4-6-13)17(23)11-27-18(24)15-7-8-16(22)21(19-15)14-9-10-28(25,26)12-14/h2-6,14H,7-12H2,1H3/t14-/m1/s1. The number of carbonyl (C=O) groups is 3. The minimum absolute atomic E-state index is 0.00291. The molecule has 28 heavy (non-hydrogen) atoms. The summed E-state index contributed by atoms with van der Waals surface area (Å²) in [5, 5.41) is 5.11. The molecule has 150 valence electrons. The Kier molecular flexibility index (Phi) is 5.78. The highest BCUT2D eigenvalue weighted by atomic mass is 32.2. The van der Waals surface area contributed by atoms with Gasteiger partial charge in [0.25, 0.3) is 5.91 Å². The van der Waals surface area contributed by atoms with Gasteiger partial charge in [-0.3, -0.25) is 9.59 Å². The summed E-state index contributed by atoms with van der Waals surface area (Å²) < 4.78 is 28.3. The summed E-state index contributed by atoms with van der Waals surface area (Å²) >= 11 is 0. The quantitative estimate of drug-likeness (QED) is 0.651. The largest absolute Gasteiger partial charge is 0.451 e. The first-order chi connectivity index (χ1) is 13.3. The van der Waals surface area contributed by atoms with Crippen LogP contribution in [-0.2, 0) is 29.0 Å². The fourth-order valence-corrected chi connectivity index (χ4v) is 4.77. The van der Waals surface area contributed by atoms with E-state index in [-0.39, 0.29) is 36.0 Å². The number of nitrogens with zero attached hydrogens (tertiary/aromatic N) is 3. The monoisotopic (exact) mass is 407 g/mol. The van der Waals surface area contributed by atoms with Gasteiger partial charge in [-0.15, -0.1) is 0 Å². The van der Waals surface area contributed by atoms with Crippen LogP contribution in [0.4, 0.5) is 5.69 Å². The molecule has 0 N–H and O–H groups in total. The van der Waals surface area contributed by atoms with Crippen molar-refractivity contribution in [1.29, 1.82) is 0 Å². The molecule has 3 rings (SSSR count). The second-order valence-corrected chi connectivity index (χ2v) is 8.94. The fourth-order valence-electron chi connectivity index (χ4n) is 3.08. The van der Waals surface area contributed by atoms with E-state index in [9.17, 15) is 22.8 Å². The van der Waals surface area contributed by atoms with Crippen molar-refractivity contribution in [1.82, 2.24) is 5.01 Å². The molecule has 0 unspecified atom stereocenters. The van der Waals surface area contributed by atoms with Gasteiger partial charge >= 0.3 is 5.97 Å². The predicted octanol–water partition coefficient (Wildman–Crippen LogP) is 0.358. The van der Waals surface area contributed by atoms with Crippen molar-refractivity contribution >= 4 is 39.0 Å². The molecular formula is C18H21N3O6S. The normalized spacial score (nSPS) is 21.2. The summed E-state index contributed by atoms with van der Waals surface area (Å²) in [4.78, 5) is 37.9. The number of likely N-dealkylation sites (N-methyl/N-ethyl adjacent to an activating group) is 1. The molecule has 0 saturated carbocycles. The molecule has 0 aliphatic carbocycles. The molecule has 2 heterocycles. The average molecular weight is 407 g/mol. The molecule has 9 nitrogen and oxygen atoms in total. The third-order valence-corrected chi connectivity index (χ3v) is 6.44. The average Bonchev–Trinajstić information content (AvgIpc) is 3.05. The zero-order chi connectivity index (χ0) is 20.3. The van der Waals surface area contributed by atoms with Crippen molar-refractivity contribution in [2.24, 2.45) is 5.10 Å². The molecule has 2 amide bonds. The van der Waals surface area contributed by atoms with Gasteiger partial charge in [-0.25, -0.2) is 18.2 Å². The van der Waals surface area contributed by atoms with E-state index in [4.69, 9.17) is 4.74 Å². The molecule has 2 aliphatic heterocycles. The second-order valence-electron chi connectivity index (χ2n) is 6.71. The van der Waals surface area contributed by atoms with E-state index >= 15 is 0 Å². The molecule has 0 bridgehead atoms. The van der Waals surface area contributed by atoms with Crippen molar-refractivity contribution < 1.29 is 27.5 Å². The molecular weight excluding hydrogens is 386 g/mol. The number of para-hydroxylation sites is 1. The van der Waals surface area contributed by atoms with E-state index < -0.39 is 34.4 Å². The van der Waals surface area contributed by atoms with E-state index in [1.54, 1.807) is 31.3 Å². The smallest absolute Gasteiger partial charge is 0.355 e. The Bertz CT molecular complexity index is 913. The van der Waals surface area contributed by atoms with Crippen molar-refractivity contribution in [3.63, 3.8) is 0 Å². The van der Waals surface area contributed by atoms with Gasteiger partial charge in [-0.1, -0.05) is 18.2 Å². The van der Waals surface area contributed by atoms with Gasteiger partial charge in [0, 0.05) is 25.6 Å². The number of esters is 1. The van der Waals surface area contributed by atoms with Crippen molar-refractivity contribution in [2.45, 2.75) is 25.3 Å². The highest BCUT2D eigenvalue weighted by molar-refractivity contribution is 7.91. The lowest BCUT2D eigenvalue weighted by molar-refractivity contribution is -0.142. The first-order valence-corrected chi connectivity index (χ1v) is 10.7. The summed E-state index contributed by atoms with van der Waals surface area (Å²) in [5.41, 5.74) is 0.678. The number of sulfone groups is 1. The van der Waals surface area contributed by atoms with Crippen LogP contribution >= 0.6 is 0 Å². The predicted molar refractivity (Wildman–Crippen MR) is 101 cm³/mol. The molecule has 1 saturated heterocycles. The maximum absolute atomic E-state index is 12.3. The van der Waals surface area contributed by atoms with Gasteiger partial charge in [0.1, 0.15) is 5.71 Å². The first-order valence-electron chi connectivity index (χ1n) is 8.85. The second kappa shape index (κ2) is 8.09. The third kappa shape index (κ3) is 4.56. The van der Waals surface area contributed by atoms with Gasteiger partial charge in [0.2, 0.25) is 5.91 Å². The van der Waals surface area contributed by atoms with Crippen LogP contribution in [-0.4, -0.2) is 68.1 Å². The number of hydrogen-bond acceptors (Lipinski definition) is 7. The summed E-state index contributed by atoms with van der Waals surface area (Å²) in [6.45, 7) is -0.463. The van der Waals surface area contributed by atoms with Gasteiger partial charge < -0.3 is 9.64 Å². The molecule has 2 aliphatic rings. The molecule has 1 aromatic rings. The van der Waals surface area contributed by atoms with E-state index in [1.807, 2.05) is 6.07 Å². The molecule has 1 aromatic carbocycles. The topological polar surface area (TPSA) is 113 Å². The summed E-state index contributed by atoms with van der Waals surface area (Å²) in [7, 11) is -1.62. The van der Waals surface area contributed by atoms with E-state index in [0.29, 0.717) is 12.1 Å². The van der Waals surface area contributed by atoms with Gasteiger partial charge in [-0.05, 0) is 18.6 Å². The van der Waals surface area contributed by atoms with E-state index in [1.165, 1.54) is 4.90 Å². The maximum Gasteiger partial charge on any atom is 0.355 e. The number of rotatable bonds is 5. The zero-order valence-corrected chi connectivity index (χ0v) is 16.2. The minimum atomic E-state index is -3.19. The van der Waals surface area contributed by atoms with Crippen molar-refractivity contribution in [3.05, 3.63) is 30.3 Å². The number of amides is 2. The van der Waals surface area contributed by atoms with Gasteiger partial charge in [0.05, 0.1) is 17.5 Å². The van der Waals surface area contributed by atoms with Crippen LogP contribution in [0.15, 0.2) is 35.4 Å². The minimum Gasteiger partial charge on any atom is -0.451 e. The molecule has 0 radical (unpaired) electrons. The fraction of sp³-hybridized carbons (Fsp3) is 0.444. The maximum atomic E-state index is 12.3. The van der Waals surface area contributed by atoms with Crippen molar-refractivity contribution in [3.8, 4) is 0 Å². The number of benzene rings is 1. The van der Waals surface area contributed by atoms with Gasteiger partial charge in [0.15, 0.2) is 16.4 Å². The SMILES string of the molecule is CN(C(=O)COC(=O)C1=NN([C@@H]2CCS(=O)(=O)C2)C(=O)CC1)c1ccccc1. The van der Waals surface area contributed by atoms with Crippen LogP contribution < -0.4 is 4.90 Å². The molecule has 1 atom stereocenters.